The molecule has 28 heavy (non-hydrogen) atoms. The third-order valence-corrected chi connectivity index (χ3v) is 5.14. The van der Waals surface area contributed by atoms with E-state index in [0.29, 0.717) is 24.5 Å². The predicted molar refractivity (Wildman–Crippen MR) is 109 cm³/mol. The summed E-state index contributed by atoms with van der Waals surface area (Å²) in [5.74, 6) is 0.0417. The molecule has 7 heteroatoms. The van der Waals surface area contributed by atoms with Crippen LogP contribution in [0.25, 0.3) is 0 Å². The van der Waals surface area contributed by atoms with Gasteiger partial charge in [0.05, 0.1) is 12.7 Å². The van der Waals surface area contributed by atoms with Crippen molar-refractivity contribution in [3.8, 4) is 5.75 Å². The van der Waals surface area contributed by atoms with Gasteiger partial charge in [0.15, 0.2) is 0 Å². The van der Waals surface area contributed by atoms with Crippen LogP contribution in [0.5, 0.6) is 5.75 Å². The first-order valence-corrected chi connectivity index (χ1v) is 10.0. The Balaban J connectivity index is 1.69. The summed E-state index contributed by atoms with van der Waals surface area (Å²) < 4.78 is 6.41. The quantitative estimate of drug-likeness (QED) is 0.714. The van der Waals surface area contributed by atoms with Crippen LogP contribution in [-0.2, 0) is 11.3 Å². The Morgan fingerprint density at radius 1 is 1.25 bits per heavy atom. The first kappa shape index (κ1) is 20.4. The van der Waals surface area contributed by atoms with Gasteiger partial charge in [-0.2, -0.15) is 0 Å². The average molecular weight is 447 g/mol. The van der Waals surface area contributed by atoms with Gasteiger partial charge in [-0.25, -0.2) is 0 Å². The number of β-amino-alcohol motifs (C(OH)–C–C–N with tert-alkyl or cyclic N) is 1. The Kier molecular flexibility index (Phi) is 6.70. The Morgan fingerprint density at radius 3 is 2.71 bits per heavy atom. The first-order valence-electron chi connectivity index (χ1n) is 9.22. The maximum atomic E-state index is 12.9. The van der Waals surface area contributed by atoms with E-state index in [2.05, 4.69) is 21.2 Å². The molecule has 1 fully saturated rings. The van der Waals surface area contributed by atoms with Crippen molar-refractivity contribution >= 4 is 27.7 Å². The van der Waals surface area contributed by atoms with Gasteiger partial charge in [0, 0.05) is 29.5 Å². The number of amides is 2. The maximum absolute atomic E-state index is 12.9. The van der Waals surface area contributed by atoms with E-state index in [9.17, 15) is 14.7 Å². The van der Waals surface area contributed by atoms with Crippen LogP contribution >= 0.6 is 15.9 Å². The molecule has 1 aliphatic heterocycles. The van der Waals surface area contributed by atoms with Gasteiger partial charge in [0.2, 0.25) is 5.91 Å². The van der Waals surface area contributed by atoms with E-state index in [1.807, 2.05) is 31.2 Å². The van der Waals surface area contributed by atoms with Crippen molar-refractivity contribution in [3.63, 3.8) is 0 Å². The molecule has 0 spiro atoms. The van der Waals surface area contributed by atoms with Crippen LogP contribution < -0.4 is 10.1 Å². The second-order valence-electron chi connectivity index (χ2n) is 6.67. The Morgan fingerprint density at radius 2 is 2.00 bits per heavy atom. The number of halogens is 1. The van der Waals surface area contributed by atoms with Gasteiger partial charge in [0.1, 0.15) is 11.8 Å². The molecule has 0 bridgehead atoms. The summed E-state index contributed by atoms with van der Waals surface area (Å²) in [6, 6.07) is 13.8. The zero-order valence-corrected chi connectivity index (χ0v) is 17.2. The maximum Gasteiger partial charge on any atom is 0.254 e. The molecule has 2 atom stereocenters. The number of hydrogen-bond donors (Lipinski definition) is 2. The zero-order chi connectivity index (χ0) is 20.1. The van der Waals surface area contributed by atoms with Crippen molar-refractivity contribution in [2.24, 2.45) is 0 Å². The van der Waals surface area contributed by atoms with Crippen molar-refractivity contribution in [2.45, 2.75) is 32.0 Å². The van der Waals surface area contributed by atoms with Crippen LogP contribution in [0.2, 0.25) is 0 Å². The number of carbonyl (C=O) groups is 2. The van der Waals surface area contributed by atoms with Crippen molar-refractivity contribution < 1.29 is 19.4 Å². The number of ether oxygens (including phenoxy) is 1. The molecule has 1 heterocycles. The monoisotopic (exact) mass is 446 g/mol. The fourth-order valence-electron chi connectivity index (χ4n) is 3.25. The normalized spacial score (nSPS) is 18.8. The summed E-state index contributed by atoms with van der Waals surface area (Å²) in [7, 11) is 0. The number of likely N-dealkylation sites (tertiary alicyclic amines) is 1. The SMILES string of the molecule is CCOc1cccc(C(=O)N2C[C@H](O)C[C@H]2C(=O)NCc2ccc(Br)cc2)c1. The molecular formula is C21H23BrN2O4. The van der Waals surface area contributed by atoms with Gasteiger partial charge in [-0.05, 0) is 42.8 Å². The van der Waals surface area contributed by atoms with E-state index >= 15 is 0 Å². The van der Waals surface area contributed by atoms with Gasteiger partial charge in [-0.15, -0.1) is 0 Å². The summed E-state index contributed by atoms with van der Waals surface area (Å²) in [5, 5.41) is 12.9. The molecule has 0 unspecified atom stereocenters. The van der Waals surface area contributed by atoms with Crippen LogP contribution in [0, 0.1) is 0 Å². The number of hydrogen-bond acceptors (Lipinski definition) is 4. The molecule has 6 nitrogen and oxygen atoms in total. The van der Waals surface area contributed by atoms with E-state index < -0.39 is 12.1 Å². The van der Waals surface area contributed by atoms with E-state index in [1.54, 1.807) is 24.3 Å². The minimum Gasteiger partial charge on any atom is -0.494 e. The molecular weight excluding hydrogens is 424 g/mol. The number of carbonyl (C=O) groups excluding carboxylic acids is 2. The van der Waals surface area contributed by atoms with Crippen LogP contribution in [0.15, 0.2) is 53.0 Å². The van der Waals surface area contributed by atoms with E-state index in [1.165, 1.54) is 4.90 Å². The second-order valence-corrected chi connectivity index (χ2v) is 7.58. The summed E-state index contributed by atoms with van der Waals surface area (Å²) in [4.78, 5) is 27.1. The minimum absolute atomic E-state index is 0.133. The lowest BCUT2D eigenvalue weighted by Gasteiger charge is -2.24. The second kappa shape index (κ2) is 9.21. The molecule has 2 amide bonds. The van der Waals surface area contributed by atoms with Crippen molar-refractivity contribution in [1.82, 2.24) is 10.2 Å². The largest absolute Gasteiger partial charge is 0.494 e. The fourth-order valence-corrected chi connectivity index (χ4v) is 3.51. The number of nitrogens with zero attached hydrogens (tertiary/aromatic N) is 1. The van der Waals surface area contributed by atoms with Crippen molar-refractivity contribution in [1.29, 1.82) is 0 Å². The van der Waals surface area contributed by atoms with Gasteiger partial charge in [0.25, 0.3) is 5.91 Å². The number of aliphatic hydroxyl groups is 1. The van der Waals surface area contributed by atoms with Gasteiger partial charge >= 0.3 is 0 Å². The van der Waals surface area contributed by atoms with Gasteiger partial charge in [-0.3, -0.25) is 9.59 Å². The van der Waals surface area contributed by atoms with Crippen LogP contribution in [0.1, 0.15) is 29.3 Å². The topological polar surface area (TPSA) is 78.9 Å². The third-order valence-electron chi connectivity index (χ3n) is 4.61. The standard InChI is InChI=1S/C21H23BrN2O4/c1-2-28-18-5-3-4-15(10-18)21(27)24-13-17(25)11-19(24)20(26)23-12-14-6-8-16(22)9-7-14/h3-10,17,19,25H,2,11-13H2,1H3,(H,23,26)/t17-,19+/m1/s1. The number of rotatable bonds is 6. The first-order chi connectivity index (χ1) is 13.5. The Bertz CT molecular complexity index is 841. The van der Waals surface area contributed by atoms with E-state index in [-0.39, 0.29) is 24.8 Å². The fraction of sp³-hybridized carbons (Fsp3) is 0.333. The molecule has 2 aromatic rings. The predicted octanol–water partition coefficient (Wildman–Crippen LogP) is 2.74. The van der Waals surface area contributed by atoms with Gasteiger partial charge < -0.3 is 20.1 Å². The Hall–Kier alpha value is -2.38. The summed E-state index contributed by atoms with van der Waals surface area (Å²) in [5.41, 5.74) is 1.39. The third kappa shape index (κ3) is 4.91. The molecule has 3 rings (SSSR count). The van der Waals surface area contributed by atoms with Crippen molar-refractivity contribution in [2.75, 3.05) is 13.2 Å². The summed E-state index contributed by atoms with van der Waals surface area (Å²) in [6.07, 6.45) is -0.495. The highest BCUT2D eigenvalue weighted by atomic mass is 79.9. The molecule has 0 aromatic heterocycles. The smallest absolute Gasteiger partial charge is 0.254 e. The molecule has 1 aliphatic rings. The molecule has 1 saturated heterocycles. The summed E-state index contributed by atoms with van der Waals surface area (Å²) >= 11 is 3.38. The lowest BCUT2D eigenvalue weighted by molar-refractivity contribution is -0.125. The molecule has 0 aliphatic carbocycles. The number of nitrogens with one attached hydrogen (secondary N) is 1. The molecule has 148 valence electrons. The molecule has 0 radical (unpaired) electrons. The highest BCUT2D eigenvalue weighted by molar-refractivity contribution is 9.10. The van der Waals surface area contributed by atoms with Crippen LogP contribution in [0.4, 0.5) is 0 Å². The summed E-state index contributed by atoms with van der Waals surface area (Å²) in [6.45, 7) is 2.87. The minimum atomic E-state index is -0.720. The highest BCUT2D eigenvalue weighted by Gasteiger charge is 2.39. The number of benzene rings is 2. The lowest BCUT2D eigenvalue weighted by Crippen LogP contribution is -2.45. The molecule has 0 saturated carbocycles. The van der Waals surface area contributed by atoms with Gasteiger partial charge in [-0.1, -0.05) is 34.1 Å². The number of aliphatic hydroxyl groups excluding tert-OH is 1. The molecule has 2 N–H and O–H groups in total. The van der Waals surface area contributed by atoms with Crippen molar-refractivity contribution in [3.05, 3.63) is 64.1 Å². The molecule has 2 aromatic carbocycles. The lowest BCUT2D eigenvalue weighted by atomic mass is 10.1. The van der Waals surface area contributed by atoms with E-state index in [4.69, 9.17) is 4.74 Å². The average Bonchev–Trinajstić information content (AvgIpc) is 3.09. The van der Waals surface area contributed by atoms with Crippen LogP contribution in [0.3, 0.4) is 0 Å². The Labute approximate surface area is 172 Å². The van der Waals surface area contributed by atoms with Crippen LogP contribution in [-0.4, -0.2) is 47.1 Å². The zero-order valence-electron chi connectivity index (χ0n) is 15.6. The highest BCUT2D eigenvalue weighted by Crippen LogP contribution is 2.23. The van der Waals surface area contributed by atoms with E-state index in [0.717, 1.165) is 10.0 Å².